The molecule has 3 aromatic carbocycles. The second-order valence-corrected chi connectivity index (χ2v) is 10.6. The maximum atomic E-state index is 13.5. The van der Waals surface area contributed by atoms with Gasteiger partial charge in [0.05, 0.1) is 6.42 Å². The summed E-state index contributed by atoms with van der Waals surface area (Å²) in [5, 5.41) is 18.1. The number of fused-ring (bicyclic) bond motifs is 1. The summed E-state index contributed by atoms with van der Waals surface area (Å²) in [6, 6.07) is 19.2. The lowest BCUT2D eigenvalue weighted by atomic mass is 9.98. The van der Waals surface area contributed by atoms with Gasteiger partial charge in [-0.3, -0.25) is 19.2 Å². The van der Waals surface area contributed by atoms with Crippen LogP contribution >= 0.6 is 0 Å². The molecule has 42 heavy (non-hydrogen) atoms. The summed E-state index contributed by atoms with van der Waals surface area (Å²) < 4.78 is 10.6. The van der Waals surface area contributed by atoms with Crippen molar-refractivity contribution in [2.75, 3.05) is 6.54 Å². The number of hydrogen-bond acceptors (Lipinski definition) is 7. The van der Waals surface area contributed by atoms with Gasteiger partial charge in [-0.25, -0.2) is 4.79 Å². The van der Waals surface area contributed by atoms with Crippen LogP contribution in [0.3, 0.4) is 0 Å². The number of esters is 1. The van der Waals surface area contributed by atoms with Crippen molar-refractivity contribution in [1.82, 2.24) is 16.0 Å². The molecule has 0 saturated carbocycles. The van der Waals surface area contributed by atoms with Gasteiger partial charge in [0.1, 0.15) is 30.8 Å². The van der Waals surface area contributed by atoms with E-state index in [1.165, 1.54) is 0 Å². The Morgan fingerprint density at radius 3 is 2.17 bits per heavy atom. The number of alkyl carbamates (subject to hydrolysis) is 1. The molecule has 3 aromatic rings. The fourth-order valence-electron chi connectivity index (χ4n) is 4.12. The van der Waals surface area contributed by atoms with Crippen molar-refractivity contribution in [2.45, 2.75) is 57.9 Å². The summed E-state index contributed by atoms with van der Waals surface area (Å²) >= 11 is 0. The normalized spacial score (nSPS) is 12.5. The molecule has 0 aliphatic carbocycles. The van der Waals surface area contributed by atoms with Crippen LogP contribution in [0.15, 0.2) is 72.8 Å². The molecular weight excluding hydrogens is 542 g/mol. The van der Waals surface area contributed by atoms with Crippen molar-refractivity contribution in [3.05, 3.63) is 83.9 Å². The lowest BCUT2D eigenvalue weighted by molar-refractivity contribution is -0.156. The van der Waals surface area contributed by atoms with Crippen molar-refractivity contribution >= 4 is 40.6 Å². The maximum absolute atomic E-state index is 13.5. The van der Waals surface area contributed by atoms with Gasteiger partial charge in [-0.2, -0.15) is 0 Å². The number of rotatable bonds is 12. The second kappa shape index (κ2) is 14.6. The van der Waals surface area contributed by atoms with E-state index < -0.39 is 60.5 Å². The highest BCUT2D eigenvalue weighted by atomic mass is 16.6. The highest BCUT2D eigenvalue weighted by Gasteiger charge is 2.31. The summed E-state index contributed by atoms with van der Waals surface area (Å²) in [4.78, 5) is 62.9. The Kier molecular flexibility index (Phi) is 11.0. The maximum Gasteiger partial charge on any atom is 0.408 e. The van der Waals surface area contributed by atoms with E-state index in [2.05, 4.69) is 16.0 Å². The molecular formula is C31H35N3O8. The average Bonchev–Trinajstić information content (AvgIpc) is 2.93. The Morgan fingerprint density at radius 1 is 0.810 bits per heavy atom. The first-order valence-electron chi connectivity index (χ1n) is 13.4. The van der Waals surface area contributed by atoms with E-state index in [-0.39, 0.29) is 13.0 Å². The molecule has 1 unspecified atom stereocenters. The fourth-order valence-corrected chi connectivity index (χ4v) is 4.12. The van der Waals surface area contributed by atoms with Crippen LogP contribution in [0.25, 0.3) is 10.8 Å². The van der Waals surface area contributed by atoms with Crippen LogP contribution in [0.4, 0.5) is 4.79 Å². The molecule has 0 aromatic heterocycles. The average molecular weight is 578 g/mol. The first kappa shape index (κ1) is 31.6. The van der Waals surface area contributed by atoms with Crippen molar-refractivity contribution in [2.24, 2.45) is 0 Å². The largest absolute Gasteiger partial charge is 0.480 e. The molecule has 0 aliphatic heterocycles. The van der Waals surface area contributed by atoms with E-state index in [4.69, 9.17) is 14.6 Å². The van der Waals surface area contributed by atoms with Gasteiger partial charge < -0.3 is 30.5 Å². The third-order valence-corrected chi connectivity index (χ3v) is 5.96. The Hall–Kier alpha value is -4.93. The first-order chi connectivity index (χ1) is 19.9. The number of carboxylic acids is 1. The number of carbonyl (C=O) groups excluding carboxylic acids is 4. The molecule has 11 heteroatoms. The summed E-state index contributed by atoms with van der Waals surface area (Å²) in [5.41, 5.74) is 0.591. The topological polar surface area (TPSA) is 160 Å². The molecule has 222 valence electrons. The highest BCUT2D eigenvalue weighted by molar-refractivity contribution is 5.95. The predicted molar refractivity (Wildman–Crippen MR) is 154 cm³/mol. The molecule has 0 bridgehead atoms. The monoisotopic (exact) mass is 577 g/mol. The van der Waals surface area contributed by atoms with Gasteiger partial charge in [0.2, 0.25) is 11.8 Å². The van der Waals surface area contributed by atoms with Crippen LogP contribution < -0.4 is 16.0 Å². The Balaban J connectivity index is 1.82. The number of amides is 3. The van der Waals surface area contributed by atoms with Gasteiger partial charge in [0.15, 0.2) is 0 Å². The number of aliphatic carboxylic acids is 1. The smallest absolute Gasteiger partial charge is 0.408 e. The first-order valence-corrected chi connectivity index (χ1v) is 13.4. The number of carbonyl (C=O) groups is 5. The van der Waals surface area contributed by atoms with Crippen LogP contribution in [-0.4, -0.2) is 59.2 Å². The van der Waals surface area contributed by atoms with Crippen LogP contribution in [0, 0.1) is 0 Å². The van der Waals surface area contributed by atoms with Gasteiger partial charge in [0.25, 0.3) is 0 Å². The highest BCUT2D eigenvalue weighted by Crippen LogP contribution is 2.20. The molecule has 0 fully saturated rings. The van der Waals surface area contributed by atoms with Gasteiger partial charge in [-0.05, 0) is 42.7 Å². The van der Waals surface area contributed by atoms with Gasteiger partial charge in [0, 0.05) is 6.42 Å². The minimum Gasteiger partial charge on any atom is -0.480 e. The molecule has 0 spiro atoms. The lowest BCUT2D eigenvalue weighted by Crippen LogP contribution is -2.55. The predicted octanol–water partition coefficient (Wildman–Crippen LogP) is 3.09. The van der Waals surface area contributed by atoms with Crippen LogP contribution in [0.1, 0.15) is 38.3 Å². The number of hydrogen-bond donors (Lipinski definition) is 4. The summed E-state index contributed by atoms with van der Waals surface area (Å²) in [6.07, 6.45) is -1.49. The van der Waals surface area contributed by atoms with E-state index in [0.29, 0.717) is 5.56 Å². The zero-order chi connectivity index (χ0) is 30.7. The number of carboxylic acid groups (broad SMARTS) is 1. The summed E-state index contributed by atoms with van der Waals surface area (Å²) in [7, 11) is 0. The van der Waals surface area contributed by atoms with E-state index in [0.717, 1.165) is 16.3 Å². The molecule has 11 nitrogen and oxygen atoms in total. The van der Waals surface area contributed by atoms with Crippen molar-refractivity contribution in [3.63, 3.8) is 0 Å². The molecule has 0 saturated heterocycles. The zero-order valence-corrected chi connectivity index (χ0v) is 23.7. The number of benzene rings is 3. The minimum absolute atomic E-state index is 0.0101. The molecule has 0 radical (unpaired) electrons. The molecule has 0 heterocycles. The molecule has 3 rings (SSSR count). The Labute approximate surface area is 243 Å². The van der Waals surface area contributed by atoms with Gasteiger partial charge in [-0.1, -0.05) is 72.8 Å². The number of nitrogens with one attached hydrogen (secondary N) is 3. The molecule has 0 aliphatic rings. The Bertz CT molecular complexity index is 1410. The molecule has 2 atom stereocenters. The van der Waals surface area contributed by atoms with Crippen LogP contribution in [0.2, 0.25) is 0 Å². The van der Waals surface area contributed by atoms with Crippen molar-refractivity contribution < 1.29 is 38.6 Å². The molecule has 3 amide bonds. The van der Waals surface area contributed by atoms with E-state index in [1.54, 1.807) is 57.2 Å². The third kappa shape index (κ3) is 10.2. The van der Waals surface area contributed by atoms with Gasteiger partial charge in [-0.15, -0.1) is 0 Å². The van der Waals surface area contributed by atoms with E-state index in [1.807, 2.05) is 36.4 Å². The van der Waals surface area contributed by atoms with Crippen molar-refractivity contribution in [3.8, 4) is 0 Å². The second-order valence-electron chi connectivity index (χ2n) is 10.6. The lowest BCUT2D eigenvalue weighted by Gasteiger charge is -2.25. The summed E-state index contributed by atoms with van der Waals surface area (Å²) in [6.45, 7) is 4.25. The fraction of sp³-hybridized carbons (Fsp3) is 0.323. The number of ether oxygens (including phenoxy) is 2. The zero-order valence-electron chi connectivity index (χ0n) is 23.7. The van der Waals surface area contributed by atoms with E-state index >= 15 is 0 Å². The third-order valence-electron chi connectivity index (χ3n) is 5.96. The van der Waals surface area contributed by atoms with E-state index in [9.17, 15) is 24.0 Å². The minimum atomic E-state index is -1.45. The standard InChI is InChI=1S/C31H35N3O8/c1-31(2,3)42-27(37)17-25(34-30(40)41-19-20-10-5-4-6-11-20)29(39)33-24(28(38)32-18-26(35)36)16-22-14-9-13-21-12-7-8-15-23(21)22/h4-15,24-25H,16-19H2,1-3H3,(H,32,38)(H,33,39)(H,34,40)(H,35,36)/t24?,25-/m0/s1. The molecule has 4 N–H and O–H groups in total. The van der Waals surface area contributed by atoms with Crippen LogP contribution in [0.5, 0.6) is 0 Å². The van der Waals surface area contributed by atoms with Gasteiger partial charge >= 0.3 is 18.0 Å². The SMILES string of the molecule is CC(C)(C)OC(=O)C[C@H](NC(=O)OCc1ccccc1)C(=O)NC(Cc1cccc2ccccc12)C(=O)NCC(=O)O. The Morgan fingerprint density at radius 2 is 1.48 bits per heavy atom. The summed E-state index contributed by atoms with van der Waals surface area (Å²) in [5.74, 6) is -3.62. The quantitative estimate of drug-likeness (QED) is 0.239. The van der Waals surface area contributed by atoms with Crippen molar-refractivity contribution in [1.29, 1.82) is 0 Å². The van der Waals surface area contributed by atoms with Crippen LogP contribution in [-0.2, 0) is 41.7 Å².